The summed E-state index contributed by atoms with van der Waals surface area (Å²) in [7, 11) is 0. The molecule has 3 heterocycles. The maximum atomic E-state index is 5.91. The van der Waals surface area contributed by atoms with Gasteiger partial charge in [0, 0.05) is 5.92 Å². The normalized spacial score (nSPS) is 54.2. The summed E-state index contributed by atoms with van der Waals surface area (Å²) in [6, 6.07) is 0. The minimum Gasteiger partial charge on any atom is -0.273 e. The van der Waals surface area contributed by atoms with Crippen LogP contribution in [0, 0.1) is 17.8 Å². The van der Waals surface area contributed by atoms with E-state index in [0.717, 1.165) is 18.4 Å². The first kappa shape index (κ1) is 10.8. The number of hydroxylamine groups is 2. The lowest BCUT2D eigenvalue weighted by atomic mass is 9.59. The van der Waals surface area contributed by atoms with Crippen molar-refractivity contribution in [2.75, 3.05) is 6.61 Å². The average Bonchev–Trinajstić information content (AvgIpc) is 2.58. The van der Waals surface area contributed by atoms with Gasteiger partial charge < -0.3 is 0 Å². The second-order valence-corrected chi connectivity index (χ2v) is 6.68. The van der Waals surface area contributed by atoms with Crippen molar-refractivity contribution in [3.8, 4) is 0 Å². The largest absolute Gasteiger partial charge is 0.273 e. The zero-order valence-corrected chi connectivity index (χ0v) is 10.7. The Morgan fingerprint density at radius 3 is 2.71 bits per heavy atom. The molecule has 1 unspecified atom stereocenters. The van der Waals surface area contributed by atoms with Gasteiger partial charge in [0.15, 0.2) is 0 Å². The van der Waals surface area contributed by atoms with E-state index in [-0.39, 0.29) is 5.54 Å². The van der Waals surface area contributed by atoms with E-state index in [4.69, 9.17) is 9.68 Å². The van der Waals surface area contributed by atoms with Crippen molar-refractivity contribution in [2.45, 2.75) is 63.5 Å². The molecule has 2 saturated carbocycles. The standard InChI is InChI=1S/C14H23NO2/c1-14-11-7-12(17-15(14)16-9-11)8-13(14)10-5-3-2-4-6-10/h10-13H,2-9H2,1H3/t11-,12-,13+,14+/m0/s1. The van der Waals surface area contributed by atoms with E-state index >= 15 is 0 Å². The topological polar surface area (TPSA) is 21.7 Å². The second kappa shape index (κ2) is 3.69. The van der Waals surface area contributed by atoms with Crippen LogP contribution in [0.1, 0.15) is 51.9 Å². The third-order valence-corrected chi connectivity index (χ3v) is 5.89. The van der Waals surface area contributed by atoms with E-state index < -0.39 is 0 Å². The highest BCUT2D eigenvalue weighted by atomic mass is 17.0. The van der Waals surface area contributed by atoms with Gasteiger partial charge in [0.2, 0.25) is 0 Å². The Kier molecular flexibility index (Phi) is 2.34. The Labute approximate surface area is 103 Å². The van der Waals surface area contributed by atoms with Crippen LogP contribution in [0.4, 0.5) is 0 Å². The molecule has 3 aliphatic heterocycles. The molecule has 5 atom stereocenters. The highest BCUT2D eigenvalue weighted by Crippen LogP contribution is 2.56. The molecule has 4 bridgehead atoms. The lowest BCUT2D eigenvalue weighted by Crippen LogP contribution is -2.63. The minimum atomic E-state index is 0.177. The van der Waals surface area contributed by atoms with Crippen molar-refractivity contribution in [3.05, 3.63) is 0 Å². The molecule has 5 fully saturated rings. The number of hydrogen-bond donors (Lipinski definition) is 0. The van der Waals surface area contributed by atoms with Crippen LogP contribution in [0.25, 0.3) is 0 Å². The third kappa shape index (κ3) is 1.39. The van der Waals surface area contributed by atoms with Crippen LogP contribution >= 0.6 is 0 Å². The minimum absolute atomic E-state index is 0.177. The lowest BCUT2D eigenvalue weighted by Gasteiger charge is -2.56. The zero-order valence-electron chi connectivity index (χ0n) is 10.7. The first-order valence-corrected chi connectivity index (χ1v) is 7.38. The molecule has 3 saturated heterocycles. The number of hydrogen-bond acceptors (Lipinski definition) is 3. The zero-order chi connectivity index (χ0) is 11.5. The highest BCUT2D eigenvalue weighted by molar-refractivity contribution is 5.07. The lowest BCUT2D eigenvalue weighted by molar-refractivity contribution is -0.438. The van der Waals surface area contributed by atoms with Gasteiger partial charge in [-0.05, 0) is 31.6 Å². The second-order valence-electron chi connectivity index (χ2n) is 6.68. The van der Waals surface area contributed by atoms with E-state index in [1.54, 1.807) is 0 Å². The van der Waals surface area contributed by atoms with Crippen LogP contribution < -0.4 is 0 Å². The van der Waals surface area contributed by atoms with Crippen LogP contribution in [0.2, 0.25) is 0 Å². The molecular formula is C14H23NO2. The van der Waals surface area contributed by atoms with Crippen LogP contribution in [0.5, 0.6) is 0 Å². The highest BCUT2D eigenvalue weighted by Gasteiger charge is 2.62. The molecule has 0 amide bonds. The van der Waals surface area contributed by atoms with Crippen LogP contribution in [-0.4, -0.2) is 23.5 Å². The van der Waals surface area contributed by atoms with E-state index in [2.05, 4.69) is 6.92 Å². The van der Waals surface area contributed by atoms with Gasteiger partial charge in [0.05, 0.1) is 18.2 Å². The molecule has 17 heavy (non-hydrogen) atoms. The summed E-state index contributed by atoms with van der Waals surface area (Å²) in [4.78, 5) is 11.7. The van der Waals surface area contributed by atoms with Crippen molar-refractivity contribution in [3.63, 3.8) is 0 Å². The Bertz CT molecular complexity index is 299. The van der Waals surface area contributed by atoms with Gasteiger partial charge in [0.25, 0.3) is 0 Å². The predicted octanol–water partition coefficient (Wildman–Crippen LogP) is 2.91. The summed E-state index contributed by atoms with van der Waals surface area (Å²) in [5, 5.41) is 1.90. The Morgan fingerprint density at radius 1 is 1.12 bits per heavy atom. The summed E-state index contributed by atoms with van der Waals surface area (Å²) in [6.45, 7) is 3.27. The van der Waals surface area contributed by atoms with Crippen LogP contribution in [-0.2, 0) is 9.68 Å². The molecule has 0 aromatic rings. The van der Waals surface area contributed by atoms with Gasteiger partial charge in [-0.2, -0.15) is 0 Å². The van der Waals surface area contributed by atoms with E-state index in [1.807, 2.05) is 5.23 Å². The maximum Gasteiger partial charge on any atom is 0.0827 e. The van der Waals surface area contributed by atoms with Gasteiger partial charge in [0.1, 0.15) is 0 Å². The smallest absolute Gasteiger partial charge is 0.0827 e. The molecule has 3 nitrogen and oxygen atoms in total. The molecule has 3 heteroatoms. The number of nitrogens with zero attached hydrogens (tertiary/aromatic N) is 1. The van der Waals surface area contributed by atoms with E-state index in [9.17, 15) is 0 Å². The molecule has 5 aliphatic rings. The molecule has 0 aromatic heterocycles. The SMILES string of the molecule is C[C@]12[C@@H]3CON1O[C@@H](C3)C[C@@H]2C1CCCCC1. The van der Waals surface area contributed by atoms with Gasteiger partial charge in [-0.15, -0.1) is 0 Å². The molecule has 96 valence electrons. The molecule has 0 spiro atoms. The summed E-state index contributed by atoms with van der Waals surface area (Å²) >= 11 is 0. The quantitative estimate of drug-likeness (QED) is 0.700. The molecule has 0 N–H and O–H groups in total. The van der Waals surface area contributed by atoms with Crippen LogP contribution in [0.3, 0.4) is 0 Å². The average molecular weight is 237 g/mol. The molecule has 2 aliphatic carbocycles. The van der Waals surface area contributed by atoms with Crippen molar-refractivity contribution >= 4 is 0 Å². The van der Waals surface area contributed by atoms with Crippen molar-refractivity contribution in [1.82, 2.24) is 5.23 Å². The van der Waals surface area contributed by atoms with Crippen molar-refractivity contribution in [1.29, 1.82) is 0 Å². The Balaban J connectivity index is 1.63. The fourth-order valence-electron chi connectivity index (χ4n) is 4.87. The van der Waals surface area contributed by atoms with Gasteiger partial charge in [-0.1, -0.05) is 37.3 Å². The van der Waals surface area contributed by atoms with Crippen molar-refractivity contribution in [2.24, 2.45) is 17.8 Å². The van der Waals surface area contributed by atoms with Gasteiger partial charge in [-0.3, -0.25) is 9.68 Å². The van der Waals surface area contributed by atoms with E-state index in [1.165, 1.54) is 44.9 Å². The van der Waals surface area contributed by atoms with Gasteiger partial charge in [-0.25, -0.2) is 0 Å². The number of fused-ring (bicyclic) bond motifs is 1. The van der Waals surface area contributed by atoms with Crippen LogP contribution in [0.15, 0.2) is 0 Å². The maximum absolute atomic E-state index is 5.91. The molecular weight excluding hydrogens is 214 g/mol. The summed E-state index contributed by atoms with van der Waals surface area (Å²) < 4.78 is 0. The Morgan fingerprint density at radius 2 is 1.94 bits per heavy atom. The monoisotopic (exact) mass is 237 g/mol. The summed E-state index contributed by atoms with van der Waals surface area (Å²) in [6.07, 6.45) is 10.1. The van der Waals surface area contributed by atoms with Crippen molar-refractivity contribution < 1.29 is 9.68 Å². The molecule has 0 aromatic carbocycles. The fourth-order valence-corrected chi connectivity index (χ4v) is 4.87. The summed E-state index contributed by atoms with van der Waals surface area (Å²) in [5.74, 6) is 2.44. The number of rotatable bonds is 1. The molecule has 0 radical (unpaired) electrons. The first-order chi connectivity index (χ1) is 8.28. The first-order valence-electron chi connectivity index (χ1n) is 7.38. The third-order valence-electron chi connectivity index (χ3n) is 5.89. The predicted molar refractivity (Wildman–Crippen MR) is 63.9 cm³/mol. The molecule has 5 rings (SSSR count). The Hall–Kier alpha value is -0.120. The van der Waals surface area contributed by atoms with E-state index in [0.29, 0.717) is 12.0 Å². The fraction of sp³-hybridized carbons (Fsp3) is 1.00. The summed E-state index contributed by atoms with van der Waals surface area (Å²) in [5.41, 5.74) is 0.177. The van der Waals surface area contributed by atoms with Gasteiger partial charge >= 0.3 is 0 Å².